The van der Waals surface area contributed by atoms with Gasteiger partial charge in [0, 0.05) is 4.90 Å². The predicted octanol–water partition coefficient (Wildman–Crippen LogP) is 5.04. The zero-order valence-electron chi connectivity index (χ0n) is 10.6. The van der Waals surface area contributed by atoms with Crippen molar-refractivity contribution in [2.24, 2.45) is 0 Å². The standard InChI is InChI=1S/C15H22S/c1-5-7-8-13-9-14(12(3)6-2)11-15(10-13)16-4/h6,9-12H,2,5,7-8H2,1,3-4H3. The molecule has 1 rings (SSSR count). The Kier molecular flexibility index (Phi) is 5.68. The van der Waals surface area contributed by atoms with Crippen LogP contribution in [0.1, 0.15) is 43.7 Å². The van der Waals surface area contributed by atoms with Crippen molar-refractivity contribution in [3.63, 3.8) is 0 Å². The molecule has 0 saturated carbocycles. The number of benzene rings is 1. The quantitative estimate of drug-likeness (QED) is 0.491. The van der Waals surface area contributed by atoms with Gasteiger partial charge in [-0.1, -0.05) is 32.4 Å². The van der Waals surface area contributed by atoms with Crippen LogP contribution in [-0.4, -0.2) is 6.26 Å². The fourth-order valence-electron chi connectivity index (χ4n) is 1.73. The molecule has 0 heterocycles. The molecule has 0 saturated heterocycles. The molecule has 0 bridgehead atoms. The number of hydrogen-bond donors (Lipinski definition) is 0. The first-order valence-electron chi connectivity index (χ1n) is 6.01. The first-order valence-corrected chi connectivity index (χ1v) is 7.24. The molecule has 0 radical (unpaired) electrons. The highest BCUT2D eigenvalue weighted by molar-refractivity contribution is 7.98. The molecule has 0 nitrogen and oxygen atoms in total. The van der Waals surface area contributed by atoms with Crippen molar-refractivity contribution >= 4 is 11.8 Å². The molecule has 0 aliphatic rings. The van der Waals surface area contributed by atoms with E-state index in [1.807, 2.05) is 17.8 Å². The van der Waals surface area contributed by atoms with Crippen LogP contribution in [0.3, 0.4) is 0 Å². The molecule has 0 N–H and O–H groups in total. The van der Waals surface area contributed by atoms with Crippen LogP contribution in [0.15, 0.2) is 35.7 Å². The summed E-state index contributed by atoms with van der Waals surface area (Å²) in [4.78, 5) is 1.37. The van der Waals surface area contributed by atoms with Crippen molar-refractivity contribution < 1.29 is 0 Å². The molecule has 0 aliphatic carbocycles. The van der Waals surface area contributed by atoms with Gasteiger partial charge in [-0.3, -0.25) is 0 Å². The van der Waals surface area contributed by atoms with Crippen molar-refractivity contribution in [1.82, 2.24) is 0 Å². The Labute approximate surface area is 104 Å². The van der Waals surface area contributed by atoms with Crippen molar-refractivity contribution in [2.75, 3.05) is 6.26 Å². The number of aryl methyl sites for hydroxylation is 1. The van der Waals surface area contributed by atoms with Gasteiger partial charge in [0.2, 0.25) is 0 Å². The third kappa shape index (κ3) is 3.71. The third-order valence-electron chi connectivity index (χ3n) is 2.92. The molecular formula is C15H22S. The van der Waals surface area contributed by atoms with Gasteiger partial charge >= 0.3 is 0 Å². The van der Waals surface area contributed by atoms with Crippen molar-refractivity contribution in [3.8, 4) is 0 Å². The molecule has 0 spiro atoms. The maximum atomic E-state index is 3.88. The van der Waals surface area contributed by atoms with Crippen molar-refractivity contribution in [2.45, 2.75) is 43.9 Å². The van der Waals surface area contributed by atoms with E-state index in [4.69, 9.17) is 0 Å². The normalized spacial score (nSPS) is 12.4. The van der Waals surface area contributed by atoms with Crippen LogP contribution in [0.5, 0.6) is 0 Å². The van der Waals surface area contributed by atoms with Gasteiger partial charge in [0.25, 0.3) is 0 Å². The highest BCUT2D eigenvalue weighted by Crippen LogP contribution is 2.25. The lowest BCUT2D eigenvalue weighted by Crippen LogP contribution is -1.93. The Bertz CT molecular complexity index is 341. The molecule has 0 fully saturated rings. The van der Waals surface area contributed by atoms with Gasteiger partial charge in [-0.2, -0.15) is 0 Å². The lowest BCUT2D eigenvalue weighted by Gasteiger charge is -2.11. The van der Waals surface area contributed by atoms with E-state index in [0.29, 0.717) is 5.92 Å². The largest absolute Gasteiger partial charge is 0.130 e. The van der Waals surface area contributed by atoms with Gasteiger partial charge in [0.15, 0.2) is 0 Å². The summed E-state index contributed by atoms with van der Waals surface area (Å²) in [5, 5.41) is 0. The van der Waals surface area contributed by atoms with Gasteiger partial charge in [-0.25, -0.2) is 0 Å². The summed E-state index contributed by atoms with van der Waals surface area (Å²) in [5.74, 6) is 0.451. The second-order valence-corrected chi connectivity index (χ2v) is 5.12. The van der Waals surface area contributed by atoms with Gasteiger partial charge < -0.3 is 0 Å². The number of unbranched alkanes of at least 4 members (excludes halogenated alkanes) is 1. The van der Waals surface area contributed by atoms with E-state index in [-0.39, 0.29) is 0 Å². The minimum Gasteiger partial charge on any atom is -0.130 e. The van der Waals surface area contributed by atoms with Crippen LogP contribution < -0.4 is 0 Å². The monoisotopic (exact) mass is 234 g/mol. The molecule has 1 atom stereocenters. The van der Waals surface area contributed by atoms with E-state index in [1.54, 1.807) is 0 Å². The average molecular weight is 234 g/mol. The summed E-state index contributed by atoms with van der Waals surface area (Å²) in [7, 11) is 0. The Balaban J connectivity index is 2.95. The van der Waals surface area contributed by atoms with Crippen molar-refractivity contribution in [1.29, 1.82) is 0 Å². The summed E-state index contributed by atoms with van der Waals surface area (Å²) >= 11 is 1.82. The molecule has 1 heteroatoms. The topological polar surface area (TPSA) is 0 Å². The first kappa shape index (κ1) is 13.4. The number of hydrogen-bond acceptors (Lipinski definition) is 1. The van der Waals surface area contributed by atoms with Gasteiger partial charge in [-0.15, -0.1) is 18.3 Å². The summed E-state index contributed by atoms with van der Waals surface area (Å²) in [6.45, 7) is 8.32. The molecule has 1 aromatic rings. The summed E-state index contributed by atoms with van der Waals surface area (Å²) in [6.07, 6.45) is 7.89. The van der Waals surface area contributed by atoms with Crippen LogP contribution in [0.25, 0.3) is 0 Å². The lowest BCUT2D eigenvalue weighted by molar-refractivity contribution is 0.790. The second-order valence-electron chi connectivity index (χ2n) is 4.24. The highest BCUT2D eigenvalue weighted by atomic mass is 32.2. The zero-order valence-corrected chi connectivity index (χ0v) is 11.4. The van der Waals surface area contributed by atoms with Crippen LogP contribution in [0.4, 0.5) is 0 Å². The van der Waals surface area contributed by atoms with E-state index in [1.165, 1.54) is 35.3 Å². The number of allylic oxidation sites excluding steroid dienone is 1. The third-order valence-corrected chi connectivity index (χ3v) is 3.63. The number of rotatable bonds is 6. The highest BCUT2D eigenvalue weighted by Gasteiger charge is 2.05. The van der Waals surface area contributed by atoms with Crippen LogP contribution in [0.2, 0.25) is 0 Å². The van der Waals surface area contributed by atoms with E-state index in [0.717, 1.165) is 0 Å². The average Bonchev–Trinajstić information content (AvgIpc) is 2.34. The summed E-state index contributed by atoms with van der Waals surface area (Å²) in [5.41, 5.74) is 2.87. The zero-order chi connectivity index (χ0) is 12.0. The van der Waals surface area contributed by atoms with Gasteiger partial charge in [0.05, 0.1) is 0 Å². The van der Waals surface area contributed by atoms with E-state index < -0.39 is 0 Å². The Morgan fingerprint density at radius 3 is 2.69 bits per heavy atom. The Hall–Kier alpha value is -0.690. The van der Waals surface area contributed by atoms with E-state index >= 15 is 0 Å². The molecule has 0 aromatic heterocycles. The first-order chi connectivity index (χ1) is 7.71. The van der Waals surface area contributed by atoms with Crippen LogP contribution in [-0.2, 0) is 6.42 Å². The van der Waals surface area contributed by atoms with Gasteiger partial charge in [-0.05, 0) is 48.3 Å². The second kappa shape index (κ2) is 6.80. The minimum absolute atomic E-state index is 0.451. The smallest absolute Gasteiger partial charge is 0.00748 e. The number of thioether (sulfide) groups is 1. The van der Waals surface area contributed by atoms with E-state index in [2.05, 4.69) is 44.9 Å². The van der Waals surface area contributed by atoms with Crippen molar-refractivity contribution in [3.05, 3.63) is 42.0 Å². The Morgan fingerprint density at radius 1 is 1.38 bits per heavy atom. The van der Waals surface area contributed by atoms with E-state index in [9.17, 15) is 0 Å². The minimum atomic E-state index is 0.451. The maximum absolute atomic E-state index is 3.88. The van der Waals surface area contributed by atoms with Crippen LogP contribution in [0, 0.1) is 0 Å². The molecule has 1 unspecified atom stereocenters. The fourth-order valence-corrected chi connectivity index (χ4v) is 2.25. The Morgan fingerprint density at radius 2 is 2.12 bits per heavy atom. The summed E-state index contributed by atoms with van der Waals surface area (Å²) in [6, 6.07) is 6.94. The molecular weight excluding hydrogens is 212 g/mol. The van der Waals surface area contributed by atoms with Crippen LogP contribution >= 0.6 is 11.8 Å². The molecule has 0 aliphatic heterocycles. The molecule has 16 heavy (non-hydrogen) atoms. The maximum Gasteiger partial charge on any atom is 0.00748 e. The molecule has 1 aromatic carbocycles. The fraction of sp³-hybridized carbons (Fsp3) is 0.467. The molecule has 0 amide bonds. The summed E-state index contributed by atoms with van der Waals surface area (Å²) < 4.78 is 0. The van der Waals surface area contributed by atoms with Gasteiger partial charge in [0.1, 0.15) is 0 Å². The predicted molar refractivity (Wildman–Crippen MR) is 75.4 cm³/mol. The SMILES string of the molecule is C=CC(C)c1cc(CCCC)cc(SC)c1. The lowest BCUT2D eigenvalue weighted by atomic mass is 9.97. The molecule has 88 valence electrons.